The van der Waals surface area contributed by atoms with Crippen molar-refractivity contribution in [3.05, 3.63) is 46.4 Å². The fraction of sp³-hybridized carbons (Fsp3) is 0.565. The van der Waals surface area contributed by atoms with Gasteiger partial charge in [-0.05, 0) is 86.3 Å². The Hall–Kier alpha value is -1.88. The molecule has 0 saturated heterocycles. The quantitative estimate of drug-likeness (QED) is 0.712. The molecule has 1 heterocycles. The van der Waals surface area contributed by atoms with E-state index in [0.717, 1.165) is 36.4 Å². The number of hydrogen-bond donors (Lipinski definition) is 1. The molecule has 1 aromatic carbocycles. The zero-order valence-electron chi connectivity index (χ0n) is 16.2. The zero-order valence-corrected chi connectivity index (χ0v) is 17.0. The number of aromatic nitrogens is 1. The van der Waals surface area contributed by atoms with Gasteiger partial charge in [-0.1, -0.05) is 6.07 Å². The van der Waals surface area contributed by atoms with Crippen LogP contribution in [0, 0.1) is 23.2 Å². The number of nitrogens with zero attached hydrogens (tertiary/aromatic N) is 1. The summed E-state index contributed by atoms with van der Waals surface area (Å²) in [6.45, 7) is 1.22. The molecular formula is C23H28N2O2S. The van der Waals surface area contributed by atoms with Crippen molar-refractivity contribution in [2.75, 3.05) is 6.54 Å². The van der Waals surface area contributed by atoms with Gasteiger partial charge in [0.2, 0.25) is 0 Å². The molecule has 5 heteroatoms. The highest BCUT2D eigenvalue weighted by Gasteiger charge is 2.50. The van der Waals surface area contributed by atoms with E-state index < -0.39 is 0 Å². The molecule has 0 spiro atoms. The summed E-state index contributed by atoms with van der Waals surface area (Å²) in [5.41, 5.74) is 3.89. The molecule has 4 bridgehead atoms. The highest BCUT2D eigenvalue weighted by molar-refractivity contribution is 7.07. The van der Waals surface area contributed by atoms with Gasteiger partial charge in [-0.25, -0.2) is 4.98 Å². The molecule has 0 aliphatic heterocycles. The molecular weight excluding hydrogens is 368 g/mol. The maximum atomic E-state index is 12.6. The van der Waals surface area contributed by atoms with Crippen molar-refractivity contribution in [2.24, 2.45) is 23.2 Å². The number of hydrogen-bond acceptors (Lipinski definition) is 4. The second-order valence-electron chi connectivity index (χ2n) is 9.22. The highest BCUT2D eigenvalue weighted by Crippen LogP contribution is 2.61. The average Bonchev–Trinajstić information content (AvgIpc) is 3.19. The maximum Gasteiger partial charge on any atom is 0.251 e. The summed E-state index contributed by atoms with van der Waals surface area (Å²) in [5, 5.41) is 5.14. The summed E-state index contributed by atoms with van der Waals surface area (Å²) < 4.78 is 5.77. The van der Waals surface area contributed by atoms with Crippen LogP contribution in [0.4, 0.5) is 0 Å². The van der Waals surface area contributed by atoms with Gasteiger partial charge in [0.25, 0.3) is 5.91 Å². The molecule has 4 saturated carbocycles. The van der Waals surface area contributed by atoms with Crippen molar-refractivity contribution in [3.63, 3.8) is 0 Å². The molecule has 4 nitrogen and oxygen atoms in total. The number of carbonyl (C=O) groups is 1. The van der Waals surface area contributed by atoms with E-state index in [1.54, 1.807) is 16.8 Å². The van der Waals surface area contributed by atoms with Gasteiger partial charge in [-0.2, -0.15) is 0 Å². The Morgan fingerprint density at radius 1 is 1.18 bits per heavy atom. The van der Waals surface area contributed by atoms with E-state index in [9.17, 15) is 4.79 Å². The van der Waals surface area contributed by atoms with Gasteiger partial charge in [0.05, 0.1) is 11.2 Å². The first kappa shape index (κ1) is 18.2. The average molecular weight is 397 g/mol. The van der Waals surface area contributed by atoms with Gasteiger partial charge >= 0.3 is 0 Å². The minimum atomic E-state index is 0.00355. The summed E-state index contributed by atoms with van der Waals surface area (Å²) in [6.07, 6.45) is 9.75. The van der Waals surface area contributed by atoms with Crippen molar-refractivity contribution in [1.82, 2.24) is 10.3 Å². The molecule has 4 aliphatic carbocycles. The van der Waals surface area contributed by atoms with E-state index in [-0.39, 0.29) is 5.91 Å². The van der Waals surface area contributed by atoms with E-state index in [2.05, 4.69) is 10.3 Å². The number of thiazole rings is 1. The number of carbonyl (C=O) groups excluding carboxylic acids is 1. The molecule has 0 radical (unpaired) electrons. The van der Waals surface area contributed by atoms with Crippen LogP contribution in [-0.4, -0.2) is 17.4 Å². The third-order valence-electron chi connectivity index (χ3n) is 7.07. The first-order chi connectivity index (χ1) is 13.7. The first-order valence-electron chi connectivity index (χ1n) is 10.6. The molecule has 1 N–H and O–H groups in total. The van der Waals surface area contributed by atoms with Crippen molar-refractivity contribution in [1.29, 1.82) is 0 Å². The molecule has 1 amide bonds. The fourth-order valence-corrected chi connectivity index (χ4v) is 6.88. The second-order valence-corrected chi connectivity index (χ2v) is 9.94. The minimum absolute atomic E-state index is 0.00355. The summed E-state index contributed by atoms with van der Waals surface area (Å²) in [5.74, 6) is 3.61. The minimum Gasteiger partial charge on any atom is -0.487 e. The van der Waals surface area contributed by atoms with Gasteiger partial charge in [0.1, 0.15) is 12.4 Å². The van der Waals surface area contributed by atoms with Crippen LogP contribution < -0.4 is 10.1 Å². The number of benzene rings is 1. The lowest BCUT2D eigenvalue weighted by Gasteiger charge is -2.57. The molecule has 0 atom stereocenters. The van der Waals surface area contributed by atoms with Gasteiger partial charge in [0.15, 0.2) is 0 Å². The maximum absolute atomic E-state index is 12.6. The van der Waals surface area contributed by atoms with E-state index in [4.69, 9.17) is 4.74 Å². The Morgan fingerprint density at radius 3 is 2.61 bits per heavy atom. The van der Waals surface area contributed by atoms with Gasteiger partial charge < -0.3 is 10.1 Å². The van der Waals surface area contributed by atoms with Crippen LogP contribution in [0.25, 0.3) is 0 Å². The van der Waals surface area contributed by atoms with Gasteiger partial charge in [-0.3, -0.25) is 4.79 Å². The van der Waals surface area contributed by atoms with Crippen molar-refractivity contribution in [2.45, 2.75) is 51.6 Å². The Kier molecular flexibility index (Phi) is 4.87. The van der Waals surface area contributed by atoms with Crippen LogP contribution in [0.3, 0.4) is 0 Å². The topological polar surface area (TPSA) is 51.2 Å². The van der Waals surface area contributed by atoms with Crippen LogP contribution >= 0.6 is 11.3 Å². The molecule has 2 aromatic rings. The van der Waals surface area contributed by atoms with Crippen LogP contribution in [0.2, 0.25) is 0 Å². The monoisotopic (exact) mass is 396 g/mol. The first-order valence-corrected chi connectivity index (χ1v) is 11.5. The predicted molar refractivity (Wildman–Crippen MR) is 110 cm³/mol. The summed E-state index contributed by atoms with van der Waals surface area (Å²) in [6, 6.07) is 7.45. The Morgan fingerprint density at radius 2 is 1.93 bits per heavy atom. The van der Waals surface area contributed by atoms with Crippen molar-refractivity contribution < 1.29 is 9.53 Å². The van der Waals surface area contributed by atoms with Crippen molar-refractivity contribution in [3.8, 4) is 5.75 Å². The third-order valence-corrected chi connectivity index (χ3v) is 7.71. The lowest BCUT2D eigenvalue weighted by molar-refractivity contribution is -0.0564. The van der Waals surface area contributed by atoms with E-state index in [1.165, 1.54) is 38.5 Å². The molecule has 4 fully saturated rings. The third kappa shape index (κ3) is 3.82. The standard InChI is InChI=1S/C23H28N2O2S/c26-22(19-2-1-3-21(9-19)27-13-20-14-28-15-25-20)24-5-4-23-10-16-6-17(11-23)8-18(7-16)12-23/h1-3,9,14-18H,4-8,10-13H2,(H,24,26). The van der Waals surface area contributed by atoms with Crippen LogP contribution in [0.15, 0.2) is 35.2 Å². The van der Waals surface area contributed by atoms with E-state index in [1.807, 2.05) is 29.6 Å². The molecule has 148 valence electrons. The van der Waals surface area contributed by atoms with Crippen LogP contribution in [0.1, 0.15) is 61.0 Å². The SMILES string of the molecule is O=C(NCCC12CC3CC(CC(C3)C1)C2)c1cccc(OCc2cscn2)c1. The smallest absolute Gasteiger partial charge is 0.251 e. The second kappa shape index (κ2) is 7.51. The molecule has 6 rings (SSSR count). The number of rotatable bonds is 7. The zero-order chi connectivity index (χ0) is 19.0. The van der Waals surface area contributed by atoms with Crippen LogP contribution in [0.5, 0.6) is 5.75 Å². The largest absolute Gasteiger partial charge is 0.487 e. The highest BCUT2D eigenvalue weighted by atomic mass is 32.1. The molecule has 0 unspecified atom stereocenters. The fourth-order valence-electron chi connectivity index (χ4n) is 6.33. The predicted octanol–water partition coefficient (Wildman–Crippen LogP) is 5.06. The Balaban J connectivity index is 1.14. The van der Waals surface area contributed by atoms with Gasteiger partial charge in [-0.15, -0.1) is 11.3 Å². The Bertz CT molecular complexity index is 798. The summed E-state index contributed by atoms with van der Waals surface area (Å²) in [7, 11) is 0. The molecule has 1 aromatic heterocycles. The number of nitrogens with one attached hydrogen (secondary N) is 1. The summed E-state index contributed by atoms with van der Waals surface area (Å²) >= 11 is 1.56. The number of ether oxygens (including phenoxy) is 1. The van der Waals surface area contributed by atoms with E-state index >= 15 is 0 Å². The lowest BCUT2D eigenvalue weighted by Crippen LogP contribution is -2.47. The lowest BCUT2D eigenvalue weighted by atomic mass is 9.49. The molecule has 28 heavy (non-hydrogen) atoms. The normalized spacial score (nSPS) is 30.4. The van der Waals surface area contributed by atoms with E-state index in [0.29, 0.717) is 23.3 Å². The van der Waals surface area contributed by atoms with Gasteiger partial charge in [0, 0.05) is 17.5 Å². The van der Waals surface area contributed by atoms with Crippen LogP contribution in [-0.2, 0) is 6.61 Å². The summed E-state index contributed by atoms with van der Waals surface area (Å²) in [4.78, 5) is 16.9. The Labute approximate surface area is 170 Å². The van der Waals surface area contributed by atoms with Crippen molar-refractivity contribution >= 4 is 17.2 Å². The number of amides is 1. The molecule has 4 aliphatic rings.